The summed E-state index contributed by atoms with van der Waals surface area (Å²) in [6.07, 6.45) is 0.969. The highest BCUT2D eigenvalue weighted by Crippen LogP contribution is 2.19. The minimum absolute atomic E-state index is 0.106. The number of amidine groups is 1. The summed E-state index contributed by atoms with van der Waals surface area (Å²) in [7, 11) is 0. The van der Waals surface area contributed by atoms with Crippen molar-refractivity contribution in [1.82, 2.24) is 5.01 Å². The molecule has 0 unspecified atom stereocenters. The van der Waals surface area contributed by atoms with Crippen molar-refractivity contribution in [3.05, 3.63) is 59.1 Å². The van der Waals surface area contributed by atoms with Crippen LogP contribution in [0.1, 0.15) is 19.4 Å². The number of benzene rings is 2. The van der Waals surface area contributed by atoms with Gasteiger partial charge >= 0.3 is 0 Å². The average molecular weight is 431 g/mol. The molecule has 3 rings (SSSR count). The molecular formula is C21H23ClN4O2S. The predicted octanol–water partition coefficient (Wildman–Crippen LogP) is 4.66. The smallest absolute Gasteiger partial charge is 0.234 e. The second kappa shape index (κ2) is 10.3. The first-order valence-corrected chi connectivity index (χ1v) is 10.8. The number of anilines is 1. The number of aliphatic imine (C=N–C) groups is 1. The Hall–Kier alpha value is -2.51. The maximum Gasteiger partial charge on any atom is 0.234 e. The number of nitrogens with one attached hydrogen (secondary N) is 1. The Kier molecular flexibility index (Phi) is 7.55. The number of hydrazone groups is 1. The van der Waals surface area contributed by atoms with Crippen molar-refractivity contribution < 1.29 is 9.53 Å². The molecule has 0 spiro atoms. The van der Waals surface area contributed by atoms with Crippen LogP contribution in [0.5, 0.6) is 5.75 Å². The van der Waals surface area contributed by atoms with Crippen LogP contribution in [0.3, 0.4) is 0 Å². The summed E-state index contributed by atoms with van der Waals surface area (Å²) < 4.78 is 5.85. The van der Waals surface area contributed by atoms with Gasteiger partial charge in [-0.1, -0.05) is 42.4 Å². The van der Waals surface area contributed by atoms with Crippen LogP contribution in [0.25, 0.3) is 0 Å². The molecule has 2 aromatic rings. The second-order valence-corrected chi connectivity index (χ2v) is 7.69. The number of ether oxygens (including phenoxy) is 1. The zero-order chi connectivity index (χ0) is 20.6. The van der Waals surface area contributed by atoms with Crippen LogP contribution in [-0.2, 0) is 11.2 Å². The van der Waals surface area contributed by atoms with Gasteiger partial charge < -0.3 is 10.1 Å². The van der Waals surface area contributed by atoms with Crippen molar-refractivity contribution in [1.29, 1.82) is 0 Å². The van der Waals surface area contributed by atoms with E-state index >= 15 is 0 Å². The Labute approximate surface area is 180 Å². The first kappa shape index (κ1) is 21.2. The molecule has 29 heavy (non-hydrogen) atoms. The summed E-state index contributed by atoms with van der Waals surface area (Å²) in [6, 6.07) is 14.9. The molecule has 1 amide bonds. The van der Waals surface area contributed by atoms with Crippen molar-refractivity contribution in [2.45, 2.75) is 20.3 Å². The number of carbonyl (C=O) groups is 1. The van der Waals surface area contributed by atoms with Gasteiger partial charge in [0, 0.05) is 17.3 Å². The molecule has 0 saturated heterocycles. The number of halogens is 1. The molecule has 0 bridgehead atoms. The number of carbonyl (C=O) groups excluding carboxylic acids is 1. The molecule has 1 aliphatic rings. The van der Waals surface area contributed by atoms with Crippen molar-refractivity contribution in [3.63, 3.8) is 0 Å². The first-order chi connectivity index (χ1) is 14.1. The molecule has 152 valence electrons. The van der Waals surface area contributed by atoms with E-state index in [2.05, 4.69) is 22.3 Å². The number of amides is 1. The molecule has 6 nitrogen and oxygen atoms in total. The number of aryl methyl sites for hydroxylation is 1. The fourth-order valence-electron chi connectivity index (χ4n) is 2.57. The van der Waals surface area contributed by atoms with E-state index in [9.17, 15) is 4.79 Å². The Balaban J connectivity index is 1.58. The first-order valence-electron chi connectivity index (χ1n) is 9.42. The maximum absolute atomic E-state index is 12.3. The SMILES string of the molecule is CCc1ccc(NC(=O)CSC2=NN(CC)CC(Oc3ccc(Cl)cc3)=N2)cc1. The number of hydrogen-bond acceptors (Lipinski definition) is 6. The fourth-order valence-corrected chi connectivity index (χ4v) is 3.36. The van der Waals surface area contributed by atoms with E-state index in [1.807, 2.05) is 36.2 Å². The van der Waals surface area contributed by atoms with Crippen molar-refractivity contribution in [2.75, 3.05) is 24.2 Å². The van der Waals surface area contributed by atoms with Crippen LogP contribution in [0.15, 0.2) is 58.6 Å². The van der Waals surface area contributed by atoms with Gasteiger partial charge in [-0.05, 0) is 55.3 Å². The molecule has 0 radical (unpaired) electrons. The molecule has 0 aromatic heterocycles. The van der Waals surface area contributed by atoms with E-state index in [1.54, 1.807) is 24.3 Å². The van der Waals surface area contributed by atoms with Crippen LogP contribution in [0.2, 0.25) is 5.02 Å². The highest BCUT2D eigenvalue weighted by atomic mass is 35.5. The fraction of sp³-hybridized carbons (Fsp3) is 0.286. The van der Waals surface area contributed by atoms with Gasteiger partial charge in [-0.25, -0.2) is 0 Å². The van der Waals surface area contributed by atoms with E-state index in [0.717, 1.165) is 12.1 Å². The van der Waals surface area contributed by atoms with E-state index in [1.165, 1.54) is 17.3 Å². The predicted molar refractivity (Wildman–Crippen MR) is 121 cm³/mol. The molecule has 0 saturated carbocycles. The lowest BCUT2D eigenvalue weighted by Crippen LogP contribution is -2.33. The summed E-state index contributed by atoms with van der Waals surface area (Å²) in [5.74, 6) is 1.29. The monoisotopic (exact) mass is 430 g/mol. The van der Waals surface area contributed by atoms with Gasteiger partial charge in [0.15, 0.2) is 0 Å². The van der Waals surface area contributed by atoms with Gasteiger partial charge in [-0.3, -0.25) is 9.80 Å². The number of rotatable bonds is 6. The molecule has 0 atom stereocenters. The van der Waals surface area contributed by atoms with Crippen molar-refractivity contribution in [3.8, 4) is 5.75 Å². The summed E-state index contributed by atoms with van der Waals surface area (Å²) in [5, 5.41) is 10.3. The minimum atomic E-state index is -0.106. The molecule has 1 N–H and O–H groups in total. The highest BCUT2D eigenvalue weighted by Gasteiger charge is 2.17. The molecule has 8 heteroatoms. The molecule has 2 aromatic carbocycles. The van der Waals surface area contributed by atoms with Crippen LogP contribution >= 0.6 is 23.4 Å². The molecule has 0 fully saturated rings. The zero-order valence-electron chi connectivity index (χ0n) is 16.4. The van der Waals surface area contributed by atoms with E-state index in [-0.39, 0.29) is 11.7 Å². The molecule has 1 heterocycles. The molecular weight excluding hydrogens is 408 g/mol. The van der Waals surface area contributed by atoms with Crippen LogP contribution < -0.4 is 10.1 Å². The molecule has 0 aliphatic carbocycles. The zero-order valence-corrected chi connectivity index (χ0v) is 18.0. The standard InChI is InChI=1S/C21H23ClN4O2S/c1-3-15-5-9-17(10-6-15)23-19(27)14-29-21-24-20(13-26(4-2)25-21)28-18-11-7-16(22)8-12-18/h5-12H,3-4,13-14H2,1-2H3,(H,23,27). The Morgan fingerprint density at radius 2 is 1.90 bits per heavy atom. The van der Waals surface area contributed by atoms with Crippen LogP contribution in [0.4, 0.5) is 5.69 Å². The largest absolute Gasteiger partial charge is 0.441 e. The Bertz CT molecular complexity index is 898. The van der Waals surface area contributed by atoms with E-state index in [4.69, 9.17) is 16.3 Å². The number of nitrogens with zero attached hydrogens (tertiary/aromatic N) is 3. The number of likely N-dealkylation sites (N-methyl/N-ethyl adjacent to an activating group) is 1. The summed E-state index contributed by atoms with van der Waals surface area (Å²) in [6.45, 7) is 5.28. The van der Waals surface area contributed by atoms with E-state index < -0.39 is 0 Å². The van der Waals surface area contributed by atoms with Crippen LogP contribution in [0, 0.1) is 0 Å². The summed E-state index contributed by atoms with van der Waals surface area (Å²) in [5.41, 5.74) is 2.01. The topological polar surface area (TPSA) is 66.3 Å². The summed E-state index contributed by atoms with van der Waals surface area (Å²) >= 11 is 7.19. The average Bonchev–Trinajstić information content (AvgIpc) is 2.74. The third-order valence-corrected chi connectivity index (χ3v) is 5.25. The normalized spacial score (nSPS) is 13.6. The van der Waals surface area contributed by atoms with Crippen LogP contribution in [-0.4, -0.2) is 40.8 Å². The van der Waals surface area contributed by atoms with Gasteiger partial charge in [-0.2, -0.15) is 4.99 Å². The van der Waals surface area contributed by atoms with Gasteiger partial charge in [0.2, 0.25) is 17.0 Å². The van der Waals surface area contributed by atoms with Gasteiger partial charge in [-0.15, -0.1) is 5.10 Å². The van der Waals surface area contributed by atoms with Crippen molar-refractivity contribution in [2.24, 2.45) is 10.1 Å². The maximum atomic E-state index is 12.3. The number of hydrogen-bond donors (Lipinski definition) is 1. The highest BCUT2D eigenvalue weighted by molar-refractivity contribution is 8.14. The van der Waals surface area contributed by atoms with Gasteiger partial charge in [0.05, 0.1) is 5.75 Å². The quantitative estimate of drug-likeness (QED) is 0.723. The lowest BCUT2D eigenvalue weighted by molar-refractivity contribution is -0.113. The van der Waals surface area contributed by atoms with Gasteiger partial charge in [0.1, 0.15) is 12.3 Å². The Morgan fingerprint density at radius 3 is 2.55 bits per heavy atom. The second-order valence-electron chi connectivity index (χ2n) is 6.31. The third kappa shape index (κ3) is 6.51. The minimum Gasteiger partial charge on any atom is -0.441 e. The van der Waals surface area contributed by atoms with Crippen molar-refractivity contribution >= 4 is 46.0 Å². The lowest BCUT2D eigenvalue weighted by Gasteiger charge is -2.23. The Morgan fingerprint density at radius 1 is 1.17 bits per heavy atom. The van der Waals surface area contributed by atoms with E-state index in [0.29, 0.717) is 34.9 Å². The summed E-state index contributed by atoms with van der Waals surface area (Å²) in [4.78, 5) is 16.7. The lowest BCUT2D eigenvalue weighted by atomic mass is 10.1. The third-order valence-electron chi connectivity index (χ3n) is 4.16. The molecule has 1 aliphatic heterocycles. The number of thioether (sulfide) groups is 1. The van der Waals surface area contributed by atoms with Gasteiger partial charge in [0.25, 0.3) is 0 Å².